The van der Waals surface area contributed by atoms with E-state index < -0.39 is 11.7 Å². The summed E-state index contributed by atoms with van der Waals surface area (Å²) in [6.07, 6.45) is 1.38. The van der Waals surface area contributed by atoms with Gasteiger partial charge in [-0.15, -0.1) is 0 Å². The Kier molecular flexibility index (Phi) is 6.45. The molecule has 0 saturated carbocycles. The molecule has 1 aliphatic heterocycles. The molecule has 142 valence electrons. The zero-order valence-corrected chi connectivity index (χ0v) is 14.8. The van der Waals surface area contributed by atoms with Crippen LogP contribution in [0.5, 0.6) is 0 Å². The van der Waals surface area contributed by atoms with E-state index in [9.17, 15) is 14.0 Å². The van der Waals surface area contributed by atoms with Crippen molar-refractivity contribution < 1.29 is 18.7 Å². The summed E-state index contributed by atoms with van der Waals surface area (Å²) in [4.78, 5) is 30.8. The Balaban J connectivity index is 1.56. The molecule has 1 saturated heterocycles. The number of morpholine rings is 1. The third-order valence-corrected chi connectivity index (χ3v) is 4.19. The van der Waals surface area contributed by atoms with Crippen molar-refractivity contribution in [2.45, 2.75) is 0 Å². The molecule has 2 amide bonds. The lowest BCUT2D eigenvalue weighted by molar-refractivity contribution is 0.0383. The van der Waals surface area contributed by atoms with Crippen LogP contribution in [0.4, 0.5) is 10.1 Å². The van der Waals surface area contributed by atoms with E-state index in [1.165, 1.54) is 36.5 Å². The van der Waals surface area contributed by atoms with Crippen LogP contribution in [0.25, 0.3) is 0 Å². The normalized spacial score (nSPS) is 14.6. The van der Waals surface area contributed by atoms with Crippen LogP contribution >= 0.6 is 0 Å². The molecule has 0 radical (unpaired) electrons. The number of carbonyl (C=O) groups is 2. The quantitative estimate of drug-likeness (QED) is 0.804. The highest BCUT2D eigenvalue weighted by molar-refractivity contribution is 6.05. The van der Waals surface area contributed by atoms with Gasteiger partial charge in [0.15, 0.2) is 0 Å². The minimum absolute atomic E-state index is 0.0795. The first-order valence-corrected chi connectivity index (χ1v) is 8.74. The van der Waals surface area contributed by atoms with Gasteiger partial charge in [0.25, 0.3) is 11.8 Å². The smallest absolute Gasteiger partial charge is 0.269 e. The van der Waals surface area contributed by atoms with Gasteiger partial charge in [-0.05, 0) is 24.3 Å². The van der Waals surface area contributed by atoms with Crippen LogP contribution in [0.1, 0.15) is 20.8 Å². The van der Waals surface area contributed by atoms with Crippen molar-refractivity contribution in [1.29, 1.82) is 0 Å². The summed E-state index contributed by atoms with van der Waals surface area (Å²) >= 11 is 0. The van der Waals surface area contributed by atoms with Gasteiger partial charge in [-0.3, -0.25) is 19.5 Å². The third-order valence-electron chi connectivity index (χ3n) is 4.19. The topological polar surface area (TPSA) is 83.6 Å². The largest absolute Gasteiger partial charge is 0.379 e. The fraction of sp³-hybridized carbons (Fsp3) is 0.316. The molecular weight excluding hydrogens is 351 g/mol. The number of halogens is 1. The lowest BCUT2D eigenvalue weighted by Gasteiger charge is -2.26. The standard InChI is InChI=1S/C19H21FN4O3/c20-15-3-1-2-4-16(15)23-18(25)14-5-6-21-17(13-14)19(26)22-7-8-24-9-11-27-12-10-24/h1-6,13H,7-12H2,(H,22,26)(H,23,25). The van der Waals surface area contributed by atoms with Gasteiger partial charge in [0, 0.05) is 37.9 Å². The summed E-state index contributed by atoms with van der Waals surface area (Å²) in [5, 5.41) is 5.28. The van der Waals surface area contributed by atoms with Crippen LogP contribution in [-0.4, -0.2) is 61.1 Å². The molecule has 8 heteroatoms. The van der Waals surface area contributed by atoms with E-state index in [-0.39, 0.29) is 22.9 Å². The molecular formula is C19H21FN4O3. The molecule has 7 nitrogen and oxygen atoms in total. The Morgan fingerprint density at radius 2 is 1.93 bits per heavy atom. The number of pyridine rings is 1. The monoisotopic (exact) mass is 372 g/mol. The number of ether oxygens (including phenoxy) is 1. The fourth-order valence-corrected chi connectivity index (χ4v) is 2.70. The minimum atomic E-state index is -0.527. The van der Waals surface area contributed by atoms with E-state index >= 15 is 0 Å². The molecule has 2 N–H and O–H groups in total. The molecule has 0 aliphatic carbocycles. The first-order valence-electron chi connectivity index (χ1n) is 8.74. The molecule has 1 aromatic heterocycles. The Morgan fingerprint density at radius 3 is 2.70 bits per heavy atom. The summed E-state index contributed by atoms with van der Waals surface area (Å²) in [5.41, 5.74) is 0.445. The van der Waals surface area contributed by atoms with Gasteiger partial charge in [-0.2, -0.15) is 0 Å². The first kappa shape index (κ1) is 18.9. The van der Waals surface area contributed by atoms with Crippen LogP contribution in [0.15, 0.2) is 42.6 Å². The Morgan fingerprint density at radius 1 is 1.15 bits per heavy atom. The highest BCUT2D eigenvalue weighted by Crippen LogP contribution is 2.14. The van der Waals surface area contributed by atoms with Gasteiger partial charge in [-0.1, -0.05) is 12.1 Å². The van der Waals surface area contributed by atoms with Crippen molar-refractivity contribution in [3.05, 3.63) is 59.7 Å². The molecule has 1 aromatic carbocycles. The van der Waals surface area contributed by atoms with Gasteiger partial charge in [-0.25, -0.2) is 4.39 Å². The Hall–Kier alpha value is -2.84. The number of para-hydroxylation sites is 1. The number of carbonyl (C=O) groups excluding carboxylic acids is 2. The second kappa shape index (κ2) is 9.20. The number of amides is 2. The number of hydrogen-bond donors (Lipinski definition) is 2. The number of nitrogens with one attached hydrogen (secondary N) is 2. The molecule has 0 unspecified atom stereocenters. The van der Waals surface area contributed by atoms with Crippen LogP contribution < -0.4 is 10.6 Å². The van der Waals surface area contributed by atoms with E-state index in [1.54, 1.807) is 6.07 Å². The molecule has 2 heterocycles. The molecule has 0 bridgehead atoms. The second-order valence-corrected chi connectivity index (χ2v) is 6.07. The number of hydrogen-bond acceptors (Lipinski definition) is 5. The van der Waals surface area contributed by atoms with E-state index in [4.69, 9.17) is 4.74 Å². The highest BCUT2D eigenvalue weighted by atomic mass is 19.1. The number of nitrogens with zero attached hydrogens (tertiary/aromatic N) is 2. The van der Waals surface area contributed by atoms with Crippen molar-refractivity contribution >= 4 is 17.5 Å². The molecule has 1 fully saturated rings. The maximum Gasteiger partial charge on any atom is 0.269 e. The van der Waals surface area contributed by atoms with Crippen LogP contribution in [-0.2, 0) is 4.74 Å². The number of aromatic nitrogens is 1. The molecule has 1 aliphatic rings. The van der Waals surface area contributed by atoms with Crippen molar-refractivity contribution in [2.75, 3.05) is 44.7 Å². The van der Waals surface area contributed by atoms with Crippen molar-refractivity contribution in [3.63, 3.8) is 0 Å². The van der Waals surface area contributed by atoms with Crippen LogP contribution in [0.2, 0.25) is 0 Å². The number of rotatable bonds is 6. The molecule has 27 heavy (non-hydrogen) atoms. The van der Waals surface area contributed by atoms with E-state index in [0.29, 0.717) is 19.8 Å². The van der Waals surface area contributed by atoms with Gasteiger partial charge in [0.05, 0.1) is 18.9 Å². The Labute approximate surface area is 156 Å². The summed E-state index contributed by atoms with van der Waals surface area (Å²) in [6.45, 7) is 4.30. The predicted octanol–water partition coefficient (Wildman–Crippen LogP) is 1.53. The fourth-order valence-electron chi connectivity index (χ4n) is 2.70. The third kappa shape index (κ3) is 5.32. The molecule has 2 aromatic rings. The van der Waals surface area contributed by atoms with Gasteiger partial charge in [0.2, 0.25) is 0 Å². The van der Waals surface area contributed by atoms with E-state index in [2.05, 4.69) is 20.5 Å². The lowest BCUT2D eigenvalue weighted by Crippen LogP contribution is -2.41. The minimum Gasteiger partial charge on any atom is -0.379 e. The van der Waals surface area contributed by atoms with E-state index in [0.717, 1.165) is 19.6 Å². The van der Waals surface area contributed by atoms with Crippen molar-refractivity contribution in [3.8, 4) is 0 Å². The maximum atomic E-state index is 13.7. The highest BCUT2D eigenvalue weighted by Gasteiger charge is 2.14. The summed E-state index contributed by atoms with van der Waals surface area (Å²) in [7, 11) is 0. The van der Waals surface area contributed by atoms with Gasteiger partial charge in [0.1, 0.15) is 11.5 Å². The van der Waals surface area contributed by atoms with Crippen LogP contribution in [0, 0.1) is 5.82 Å². The summed E-state index contributed by atoms with van der Waals surface area (Å²) in [6, 6.07) is 8.75. The maximum absolute atomic E-state index is 13.7. The zero-order chi connectivity index (χ0) is 19.1. The molecule has 0 spiro atoms. The Bertz CT molecular complexity index is 809. The van der Waals surface area contributed by atoms with Crippen molar-refractivity contribution in [1.82, 2.24) is 15.2 Å². The SMILES string of the molecule is O=C(Nc1ccccc1F)c1ccnc(C(=O)NCCN2CCOCC2)c1. The molecule has 3 rings (SSSR count). The average Bonchev–Trinajstić information content (AvgIpc) is 2.70. The van der Waals surface area contributed by atoms with E-state index in [1.807, 2.05) is 0 Å². The summed E-state index contributed by atoms with van der Waals surface area (Å²) in [5.74, 6) is -1.39. The van der Waals surface area contributed by atoms with Crippen LogP contribution in [0.3, 0.4) is 0 Å². The second-order valence-electron chi connectivity index (χ2n) is 6.07. The van der Waals surface area contributed by atoms with Gasteiger partial charge >= 0.3 is 0 Å². The zero-order valence-electron chi connectivity index (χ0n) is 14.8. The summed E-state index contributed by atoms with van der Waals surface area (Å²) < 4.78 is 18.9. The van der Waals surface area contributed by atoms with Crippen molar-refractivity contribution in [2.24, 2.45) is 0 Å². The molecule has 0 atom stereocenters. The van der Waals surface area contributed by atoms with Gasteiger partial charge < -0.3 is 15.4 Å². The average molecular weight is 372 g/mol. The first-order chi connectivity index (χ1) is 13.1. The number of anilines is 1. The lowest BCUT2D eigenvalue weighted by atomic mass is 10.2. The predicted molar refractivity (Wildman–Crippen MR) is 98.2 cm³/mol. The number of benzene rings is 1.